The Morgan fingerprint density at radius 1 is 1.48 bits per heavy atom. The molecule has 2 heterocycles. The van der Waals surface area contributed by atoms with Crippen molar-refractivity contribution in [2.45, 2.75) is 37.6 Å². The number of nitrogens with zero attached hydrogens (tertiary/aromatic N) is 4. The largest absolute Gasteiger partial charge is 0.341 e. The van der Waals surface area contributed by atoms with Crippen LogP contribution in [0.15, 0.2) is 11.4 Å². The molecule has 0 N–H and O–H groups in total. The van der Waals surface area contributed by atoms with E-state index in [1.807, 2.05) is 6.92 Å². The number of thioether (sulfide) groups is 1. The fourth-order valence-corrected chi connectivity index (χ4v) is 5.10. The molecule has 0 saturated heterocycles. The Kier molecular flexibility index (Phi) is 5.13. The molecule has 0 fully saturated rings. The normalized spacial score (nSPS) is 13.0. The van der Waals surface area contributed by atoms with Crippen LogP contribution in [0.1, 0.15) is 30.2 Å². The molecule has 2 aromatic rings. The Morgan fingerprint density at radius 3 is 3.13 bits per heavy atom. The number of fused-ring (bicyclic) bond motifs is 3. The van der Waals surface area contributed by atoms with Crippen molar-refractivity contribution in [1.29, 1.82) is 5.26 Å². The van der Waals surface area contributed by atoms with E-state index in [9.17, 15) is 4.79 Å². The highest BCUT2D eigenvalue weighted by atomic mass is 32.2. The predicted molar refractivity (Wildman–Crippen MR) is 92.6 cm³/mol. The molecule has 0 spiro atoms. The molecule has 1 aliphatic rings. The molecule has 3 rings (SSSR count). The van der Waals surface area contributed by atoms with Crippen molar-refractivity contribution in [3.05, 3.63) is 16.8 Å². The number of aromatic nitrogens is 2. The van der Waals surface area contributed by atoms with E-state index in [2.05, 4.69) is 16.0 Å². The first kappa shape index (κ1) is 16.2. The lowest BCUT2D eigenvalue weighted by molar-refractivity contribution is -0.128. The SMILES string of the molecule is CCN(CCC#N)C(=O)CSc1ncnc2sc3c(c12)CCC3. The van der Waals surface area contributed by atoms with Gasteiger partial charge in [0.25, 0.3) is 0 Å². The molecule has 1 aliphatic carbocycles. The Balaban J connectivity index is 1.75. The average Bonchev–Trinajstić information content (AvgIpc) is 3.14. The van der Waals surface area contributed by atoms with E-state index in [1.165, 1.54) is 28.6 Å². The van der Waals surface area contributed by atoms with Crippen LogP contribution in [0.2, 0.25) is 0 Å². The third-order valence-corrected chi connectivity index (χ3v) is 6.20. The van der Waals surface area contributed by atoms with Gasteiger partial charge < -0.3 is 4.90 Å². The number of carbonyl (C=O) groups excluding carboxylic acids is 1. The van der Waals surface area contributed by atoms with Gasteiger partial charge in [0.05, 0.1) is 18.2 Å². The summed E-state index contributed by atoms with van der Waals surface area (Å²) in [5.41, 5.74) is 1.39. The molecule has 5 nitrogen and oxygen atoms in total. The summed E-state index contributed by atoms with van der Waals surface area (Å²) in [6.45, 7) is 3.07. The van der Waals surface area contributed by atoms with Crippen molar-refractivity contribution in [2.24, 2.45) is 0 Å². The summed E-state index contributed by atoms with van der Waals surface area (Å²) in [4.78, 5) is 25.3. The predicted octanol–water partition coefficient (Wildman–Crippen LogP) is 3.03. The van der Waals surface area contributed by atoms with Crippen LogP contribution in [0.25, 0.3) is 10.2 Å². The summed E-state index contributed by atoms with van der Waals surface area (Å²) >= 11 is 3.25. The Morgan fingerprint density at radius 2 is 2.35 bits per heavy atom. The van der Waals surface area contributed by atoms with E-state index >= 15 is 0 Å². The number of hydrogen-bond acceptors (Lipinski definition) is 6. The van der Waals surface area contributed by atoms with Gasteiger partial charge in [0.1, 0.15) is 16.2 Å². The molecule has 0 radical (unpaired) electrons. The number of nitriles is 1. The van der Waals surface area contributed by atoms with Crippen LogP contribution in [0, 0.1) is 11.3 Å². The van der Waals surface area contributed by atoms with Crippen molar-refractivity contribution in [3.63, 3.8) is 0 Å². The van der Waals surface area contributed by atoms with Crippen LogP contribution in [-0.2, 0) is 17.6 Å². The maximum absolute atomic E-state index is 12.3. The molecule has 0 bridgehead atoms. The third kappa shape index (κ3) is 3.33. The number of hydrogen-bond donors (Lipinski definition) is 0. The first-order valence-corrected chi connectivity index (χ1v) is 9.57. The first-order valence-electron chi connectivity index (χ1n) is 7.77. The smallest absolute Gasteiger partial charge is 0.233 e. The van der Waals surface area contributed by atoms with Crippen molar-refractivity contribution in [2.75, 3.05) is 18.8 Å². The van der Waals surface area contributed by atoms with E-state index in [1.54, 1.807) is 22.6 Å². The van der Waals surface area contributed by atoms with Gasteiger partial charge >= 0.3 is 0 Å². The fourth-order valence-electron chi connectivity index (χ4n) is 2.87. The van der Waals surface area contributed by atoms with Gasteiger partial charge in [-0.3, -0.25) is 4.79 Å². The molecule has 7 heteroatoms. The Hall–Kier alpha value is -1.65. The minimum atomic E-state index is 0.0615. The van der Waals surface area contributed by atoms with Gasteiger partial charge in [-0.25, -0.2) is 9.97 Å². The summed E-state index contributed by atoms with van der Waals surface area (Å²) in [7, 11) is 0. The monoisotopic (exact) mass is 346 g/mol. The second-order valence-corrected chi connectivity index (χ2v) is 7.43. The zero-order valence-electron chi connectivity index (χ0n) is 13.0. The summed E-state index contributed by atoms with van der Waals surface area (Å²) < 4.78 is 0. The summed E-state index contributed by atoms with van der Waals surface area (Å²) in [5.74, 6) is 0.419. The minimum Gasteiger partial charge on any atom is -0.341 e. The van der Waals surface area contributed by atoms with E-state index in [-0.39, 0.29) is 5.91 Å². The average molecular weight is 346 g/mol. The molecule has 0 aromatic carbocycles. The molecule has 2 aromatic heterocycles. The molecule has 0 saturated carbocycles. The maximum Gasteiger partial charge on any atom is 0.233 e. The molecule has 23 heavy (non-hydrogen) atoms. The van der Waals surface area contributed by atoms with Crippen molar-refractivity contribution in [1.82, 2.24) is 14.9 Å². The molecule has 0 atom stereocenters. The van der Waals surface area contributed by atoms with Gasteiger partial charge in [0, 0.05) is 23.4 Å². The second-order valence-electron chi connectivity index (χ2n) is 5.39. The molecule has 120 valence electrons. The van der Waals surface area contributed by atoms with E-state index in [4.69, 9.17) is 5.26 Å². The lowest BCUT2D eigenvalue weighted by Gasteiger charge is -2.19. The number of rotatable bonds is 6. The third-order valence-electron chi connectivity index (χ3n) is 4.03. The van der Waals surface area contributed by atoms with Crippen molar-refractivity contribution >= 4 is 39.2 Å². The number of aryl methyl sites for hydroxylation is 2. The molecule has 0 unspecified atom stereocenters. The number of carbonyl (C=O) groups is 1. The Bertz CT molecular complexity index is 765. The Labute approximate surface area is 143 Å². The van der Waals surface area contributed by atoms with Crippen molar-refractivity contribution in [3.8, 4) is 6.07 Å². The highest BCUT2D eigenvalue weighted by molar-refractivity contribution is 8.00. The van der Waals surface area contributed by atoms with Crippen LogP contribution < -0.4 is 0 Å². The fraction of sp³-hybridized carbons (Fsp3) is 0.500. The van der Waals surface area contributed by atoms with E-state index in [0.29, 0.717) is 25.3 Å². The summed E-state index contributed by atoms with van der Waals surface area (Å²) in [6.07, 6.45) is 5.39. The lowest BCUT2D eigenvalue weighted by Crippen LogP contribution is -2.33. The summed E-state index contributed by atoms with van der Waals surface area (Å²) in [6, 6.07) is 2.09. The zero-order chi connectivity index (χ0) is 16.2. The van der Waals surface area contributed by atoms with Gasteiger partial charge in [0.2, 0.25) is 5.91 Å². The highest BCUT2D eigenvalue weighted by Crippen LogP contribution is 2.39. The van der Waals surface area contributed by atoms with Crippen LogP contribution in [0.5, 0.6) is 0 Å². The van der Waals surface area contributed by atoms with Crippen LogP contribution in [0.3, 0.4) is 0 Å². The van der Waals surface area contributed by atoms with Crippen LogP contribution in [-0.4, -0.2) is 39.6 Å². The second kappa shape index (κ2) is 7.28. The van der Waals surface area contributed by atoms with Gasteiger partial charge in [-0.15, -0.1) is 11.3 Å². The molecule has 0 aliphatic heterocycles. The molecular formula is C16H18N4OS2. The van der Waals surface area contributed by atoms with Gasteiger partial charge in [-0.1, -0.05) is 11.8 Å². The maximum atomic E-state index is 12.3. The van der Waals surface area contributed by atoms with E-state index in [0.717, 1.165) is 28.1 Å². The quantitative estimate of drug-likeness (QED) is 0.594. The standard InChI is InChI=1S/C16H18N4OS2/c1-2-20(8-4-7-17)13(21)9-22-15-14-11-5-3-6-12(11)23-16(14)19-10-18-15/h10H,2-6,8-9H2,1H3. The molecule has 1 amide bonds. The van der Waals surface area contributed by atoms with Gasteiger partial charge in [0.15, 0.2) is 0 Å². The minimum absolute atomic E-state index is 0.0615. The van der Waals surface area contributed by atoms with Gasteiger partial charge in [-0.05, 0) is 31.7 Å². The number of amides is 1. The number of thiophene rings is 1. The topological polar surface area (TPSA) is 69.9 Å². The van der Waals surface area contributed by atoms with Gasteiger partial charge in [-0.2, -0.15) is 5.26 Å². The lowest BCUT2D eigenvalue weighted by atomic mass is 10.2. The van der Waals surface area contributed by atoms with Crippen LogP contribution >= 0.6 is 23.1 Å². The highest BCUT2D eigenvalue weighted by Gasteiger charge is 2.22. The first-order chi connectivity index (χ1) is 11.2. The molecular weight excluding hydrogens is 328 g/mol. The van der Waals surface area contributed by atoms with Crippen molar-refractivity contribution < 1.29 is 4.79 Å². The summed E-state index contributed by atoms with van der Waals surface area (Å²) in [5, 5.41) is 10.7. The van der Waals surface area contributed by atoms with E-state index < -0.39 is 0 Å². The van der Waals surface area contributed by atoms with Crippen LogP contribution in [0.4, 0.5) is 0 Å². The zero-order valence-corrected chi connectivity index (χ0v) is 14.7.